The lowest BCUT2D eigenvalue weighted by molar-refractivity contribution is 0.0318. The fourth-order valence-electron chi connectivity index (χ4n) is 4.36. The monoisotopic (exact) mass is 477 g/mol. The van der Waals surface area contributed by atoms with E-state index in [4.69, 9.17) is 14.2 Å². The number of nitrogens with zero attached hydrogens (tertiary/aromatic N) is 2. The maximum absolute atomic E-state index is 12.8. The van der Waals surface area contributed by atoms with Crippen molar-refractivity contribution in [3.8, 4) is 28.3 Å². The highest BCUT2D eigenvalue weighted by atomic mass is 16.5. The third-order valence-corrected chi connectivity index (χ3v) is 6.09. The highest BCUT2D eigenvalue weighted by Gasteiger charge is 2.24. The molecule has 0 spiro atoms. The molecular formula is C28H35N3O4. The number of aromatic amines is 1. The van der Waals surface area contributed by atoms with Crippen LogP contribution in [0.2, 0.25) is 0 Å². The van der Waals surface area contributed by atoms with Gasteiger partial charge in [0.1, 0.15) is 17.9 Å². The minimum atomic E-state index is -0.441. The summed E-state index contributed by atoms with van der Waals surface area (Å²) in [6, 6.07) is 16.7. The molecule has 1 saturated heterocycles. The predicted molar refractivity (Wildman–Crippen MR) is 137 cm³/mol. The van der Waals surface area contributed by atoms with Crippen molar-refractivity contribution in [1.29, 1.82) is 0 Å². The summed E-state index contributed by atoms with van der Waals surface area (Å²) >= 11 is 0. The van der Waals surface area contributed by atoms with Gasteiger partial charge >= 0.3 is 5.97 Å². The number of hydrogen-bond acceptors (Lipinski definition) is 6. The molecule has 0 unspecified atom stereocenters. The molecule has 35 heavy (non-hydrogen) atoms. The molecule has 0 radical (unpaired) electrons. The Morgan fingerprint density at radius 3 is 2.51 bits per heavy atom. The van der Waals surface area contributed by atoms with Gasteiger partial charge in [-0.2, -0.15) is 5.10 Å². The Labute approximate surface area is 207 Å². The van der Waals surface area contributed by atoms with Crippen molar-refractivity contribution in [1.82, 2.24) is 15.1 Å². The number of carbonyl (C=O) groups is 1. The third kappa shape index (κ3) is 6.29. The van der Waals surface area contributed by atoms with Crippen LogP contribution in [-0.4, -0.2) is 67.1 Å². The molecule has 1 aliphatic rings. The van der Waals surface area contributed by atoms with Crippen LogP contribution in [0, 0.1) is 5.92 Å². The Hall–Kier alpha value is -3.16. The predicted octanol–water partition coefficient (Wildman–Crippen LogP) is 4.83. The maximum atomic E-state index is 12.8. The molecule has 1 aliphatic heterocycles. The van der Waals surface area contributed by atoms with Crippen LogP contribution in [0.4, 0.5) is 0 Å². The van der Waals surface area contributed by atoms with Gasteiger partial charge < -0.3 is 14.2 Å². The Morgan fingerprint density at radius 1 is 1.09 bits per heavy atom. The largest absolute Gasteiger partial charge is 0.476 e. The SMILES string of the molecule is CCOC(=O)c1c(-c2ccc(-c3ccccc3CC(C)C)cc2)n[nH]c1OCCN1CCOCC1. The van der Waals surface area contributed by atoms with Gasteiger partial charge in [0.25, 0.3) is 0 Å². The van der Waals surface area contributed by atoms with Crippen molar-refractivity contribution in [2.75, 3.05) is 46.1 Å². The van der Waals surface area contributed by atoms with Crippen LogP contribution in [0.15, 0.2) is 48.5 Å². The standard InChI is InChI=1S/C28H35N3O4/c1-4-34-28(32)25-26(29-30-27(25)35-18-15-31-13-16-33-17-14-31)22-11-9-21(10-12-22)24-8-6-5-7-23(24)19-20(2)3/h5-12,20H,4,13-19H2,1-3H3,(H,29,30). The zero-order chi connectivity index (χ0) is 24.6. The first-order valence-corrected chi connectivity index (χ1v) is 12.4. The van der Waals surface area contributed by atoms with Crippen molar-refractivity contribution in [2.24, 2.45) is 5.92 Å². The molecule has 0 aliphatic carbocycles. The van der Waals surface area contributed by atoms with Gasteiger partial charge in [-0.25, -0.2) is 9.89 Å². The quantitative estimate of drug-likeness (QED) is 0.422. The first-order chi connectivity index (χ1) is 17.1. The fraction of sp³-hybridized carbons (Fsp3) is 0.429. The summed E-state index contributed by atoms with van der Waals surface area (Å²) < 4.78 is 16.7. The Balaban J connectivity index is 1.55. The van der Waals surface area contributed by atoms with Gasteiger partial charge in [0, 0.05) is 25.2 Å². The smallest absolute Gasteiger partial charge is 0.345 e. The summed E-state index contributed by atoms with van der Waals surface area (Å²) in [5.74, 6) is 0.482. The molecule has 2 aromatic carbocycles. The van der Waals surface area contributed by atoms with Crippen molar-refractivity contribution < 1.29 is 19.0 Å². The molecule has 2 heterocycles. The first kappa shape index (κ1) is 24.9. The summed E-state index contributed by atoms with van der Waals surface area (Å²) in [6.45, 7) is 11.0. The zero-order valence-corrected chi connectivity index (χ0v) is 20.9. The topological polar surface area (TPSA) is 76.7 Å². The Kier molecular flexibility index (Phi) is 8.55. The number of esters is 1. The molecule has 1 fully saturated rings. The van der Waals surface area contributed by atoms with Gasteiger partial charge in [0.2, 0.25) is 5.88 Å². The van der Waals surface area contributed by atoms with Crippen molar-refractivity contribution in [3.05, 3.63) is 59.7 Å². The van der Waals surface area contributed by atoms with Crippen LogP contribution in [-0.2, 0) is 15.9 Å². The van der Waals surface area contributed by atoms with E-state index in [1.54, 1.807) is 6.92 Å². The number of carbonyl (C=O) groups excluding carboxylic acids is 1. The second kappa shape index (κ2) is 12.0. The number of morpholine rings is 1. The molecule has 0 atom stereocenters. The Morgan fingerprint density at radius 2 is 1.80 bits per heavy atom. The number of benzene rings is 2. The van der Waals surface area contributed by atoms with Crippen molar-refractivity contribution in [3.63, 3.8) is 0 Å². The van der Waals surface area contributed by atoms with Crippen LogP contribution in [0.3, 0.4) is 0 Å². The molecule has 0 amide bonds. The van der Waals surface area contributed by atoms with E-state index in [1.165, 1.54) is 11.1 Å². The summed E-state index contributed by atoms with van der Waals surface area (Å²) in [5, 5.41) is 7.34. The number of H-pyrrole nitrogens is 1. The van der Waals surface area contributed by atoms with E-state index in [-0.39, 0.29) is 6.61 Å². The number of aromatic nitrogens is 2. The number of nitrogens with one attached hydrogen (secondary N) is 1. The molecule has 3 aromatic rings. The molecule has 1 aromatic heterocycles. The number of rotatable bonds is 10. The molecule has 0 saturated carbocycles. The van der Waals surface area contributed by atoms with Crippen molar-refractivity contribution >= 4 is 5.97 Å². The molecule has 7 nitrogen and oxygen atoms in total. The lowest BCUT2D eigenvalue weighted by Gasteiger charge is -2.26. The zero-order valence-electron chi connectivity index (χ0n) is 20.9. The van der Waals surface area contributed by atoms with E-state index in [1.807, 2.05) is 12.1 Å². The van der Waals surface area contributed by atoms with Gasteiger partial charge in [-0.05, 0) is 36.0 Å². The van der Waals surface area contributed by atoms with E-state index in [0.717, 1.165) is 50.4 Å². The molecule has 1 N–H and O–H groups in total. The van der Waals surface area contributed by atoms with Gasteiger partial charge in [0.05, 0.1) is 19.8 Å². The van der Waals surface area contributed by atoms with Gasteiger partial charge in [0.15, 0.2) is 0 Å². The molecule has 186 valence electrons. The van der Waals surface area contributed by atoms with E-state index in [9.17, 15) is 4.79 Å². The van der Waals surface area contributed by atoms with Gasteiger partial charge in [-0.1, -0.05) is 62.4 Å². The summed E-state index contributed by atoms with van der Waals surface area (Å²) in [5.41, 5.74) is 5.40. The van der Waals surface area contributed by atoms with E-state index < -0.39 is 5.97 Å². The van der Waals surface area contributed by atoms with Crippen molar-refractivity contribution in [2.45, 2.75) is 27.2 Å². The molecule has 4 rings (SSSR count). The second-order valence-electron chi connectivity index (χ2n) is 9.13. The first-order valence-electron chi connectivity index (χ1n) is 12.4. The fourth-order valence-corrected chi connectivity index (χ4v) is 4.36. The summed E-state index contributed by atoms with van der Waals surface area (Å²) in [7, 11) is 0. The lowest BCUT2D eigenvalue weighted by atomic mass is 9.93. The lowest BCUT2D eigenvalue weighted by Crippen LogP contribution is -2.38. The number of ether oxygens (including phenoxy) is 3. The van der Waals surface area contributed by atoms with Crippen LogP contribution in [0.25, 0.3) is 22.4 Å². The molecular weight excluding hydrogens is 442 g/mol. The molecule has 7 heteroatoms. The molecule has 0 bridgehead atoms. The average Bonchev–Trinajstić information content (AvgIpc) is 3.29. The highest BCUT2D eigenvalue weighted by molar-refractivity contribution is 5.98. The van der Waals surface area contributed by atoms with Gasteiger partial charge in [-0.3, -0.25) is 4.90 Å². The van der Waals surface area contributed by atoms with E-state index in [0.29, 0.717) is 29.7 Å². The van der Waals surface area contributed by atoms with Crippen LogP contribution < -0.4 is 4.74 Å². The van der Waals surface area contributed by atoms with E-state index >= 15 is 0 Å². The number of hydrogen-bond donors (Lipinski definition) is 1. The van der Waals surface area contributed by atoms with Crippen LogP contribution in [0.5, 0.6) is 5.88 Å². The highest BCUT2D eigenvalue weighted by Crippen LogP contribution is 2.32. The average molecular weight is 478 g/mol. The Bertz CT molecular complexity index is 1100. The normalized spacial score (nSPS) is 14.3. The van der Waals surface area contributed by atoms with E-state index in [2.05, 4.69) is 65.3 Å². The second-order valence-corrected chi connectivity index (χ2v) is 9.13. The van der Waals surface area contributed by atoms with Crippen LogP contribution in [0.1, 0.15) is 36.7 Å². The minimum Gasteiger partial charge on any atom is -0.476 e. The summed E-state index contributed by atoms with van der Waals surface area (Å²) in [4.78, 5) is 15.1. The maximum Gasteiger partial charge on any atom is 0.345 e. The van der Waals surface area contributed by atoms with Crippen LogP contribution >= 0.6 is 0 Å². The minimum absolute atomic E-state index is 0.280. The van der Waals surface area contributed by atoms with Gasteiger partial charge in [-0.15, -0.1) is 0 Å². The summed E-state index contributed by atoms with van der Waals surface area (Å²) in [6.07, 6.45) is 1.02. The third-order valence-electron chi connectivity index (χ3n) is 6.09.